The monoisotopic (exact) mass is 256 g/mol. The molecular weight excluding hydrogens is 241 g/mol. The van der Waals surface area contributed by atoms with Crippen LogP contribution in [0.3, 0.4) is 0 Å². The summed E-state index contributed by atoms with van der Waals surface area (Å²) in [6, 6.07) is 4.46. The van der Waals surface area contributed by atoms with Crippen molar-refractivity contribution in [3.05, 3.63) is 41.0 Å². The third-order valence-electron chi connectivity index (χ3n) is 3.09. The molecule has 0 atom stereocenters. The van der Waals surface area contributed by atoms with Gasteiger partial charge in [0.1, 0.15) is 0 Å². The molecule has 0 fully saturated rings. The highest BCUT2D eigenvalue weighted by Crippen LogP contribution is 2.38. The van der Waals surface area contributed by atoms with E-state index in [9.17, 15) is 13.2 Å². The smallest absolute Gasteiger partial charge is 0.380 e. The first kappa shape index (κ1) is 13.1. The minimum atomic E-state index is -4.32. The van der Waals surface area contributed by atoms with Crippen molar-refractivity contribution in [3.63, 3.8) is 0 Å². The minimum absolute atomic E-state index is 0.197. The van der Waals surface area contributed by atoms with E-state index < -0.39 is 11.7 Å². The SMILES string of the molecule is COCc1ccc(C2=CCCC2)c(C(F)(F)F)c1. The number of benzene rings is 1. The standard InChI is InChI=1S/C14H15F3O/c1-18-9-10-6-7-12(11-4-2-3-5-11)13(8-10)14(15,16)17/h4,6-8H,2-3,5,9H2,1H3. The molecule has 0 bridgehead atoms. The van der Waals surface area contributed by atoms with Crippen LogP contribution in [0.25, 0.3) is 5.57 Å². The number of hydrogen-bond acceptors (Lipinski definition) is 1. The summed E-state index contributed by atoms with van der Waals surface area (Å²) >= 11 is 0. The fraction of sp³-hybridized carbons (Fsp3) is 0.429. The summed E-state index contributed by atoms with van der Waals surface area (Å²) in [5, 5.41) is 0. The molecule has 0 spiro atoms. The van der Waals surface area contributed by atoms with Crippen LogP contribution in [0, 0.1) is 0 Å². The first-order chi connectivity index (χ1) is 8.52. The van der Waals surface area contributed by atoms with Crippen LogP contribution in [0.1, 0.15) is 36.0 Å². The first-order valence-electron chi connectivity index (χ1n) is 5.91. The number of allylic oxidation sites excluding steroid dienone is 2. The van der Waals surface area contributed by atoms with E-state index in [4.69, 9.17) is 4.74 Å². The van der Waals surface area contributed by atoms with E-state index in [1.807, 2.05) is 6.08 Å². The number of hydrogen-bond donors (Lipinski definition) is 0. The zero-order chi connectivity index (χ0) is 13.2. The van der Waals surface area contributed by atoms with Crippen LogP contribution in [0.4, 0.5) is 13.2 Å². The van der Waals surface area contributed by atoms with E-state index in [1.165, 1.54) is 13.2 Å². The average Bonchev–Trinajstić information content (AvgIpc) is 2.81. The number of halogens is 3. The highest BCUT2D eigenvalue weighted by Gasteiger charge is 2.34. The molecule has 0 heterocycles. The molecule has 18 heavy (non-hydrogen) atoms. The van der Waals surface area contributed by atoms with Crippen LogP contribution in [-0.4, -0.2) is 7.11 Å². The lowest BCUT2D eigenvalue weighted by molar-refractivity contribution is -0.137. The molecule has 0 N–H and O–H groups in total. The molecular formula is C14H15F3O. The third-order valence-corrected chi connectivity index (χ3v) is 3.09. The lowest BCUT2D eigenvalue weighted by atomic mass is 9.96. The molecule has 4 heteroatoms. The van der Waals surface area contributed by atoms with Gasteiger partial charge in [-0.25, -0.2) is 0 Å². The summed E-state index contributed by atoms with van der Waals surface area (Å²) in [6.07, 6.45) is 0.120. The van der Waals surface area contributed by atoms with Gasteiger partial charge in [-0.2, -0.15) is 13.2 Å². The summed E-state index contributed by atoms with van der Waals surface area (Å²) in [5.74, 6) is 0. The maximum Gasteiger partial charge on any atom is 0.417 e. The van der Waals surface area contributed by atoms with Crippen molar-refractivity contribution in [2.75, 3.05) is 7.11 Å². The number of alkyl halides is 3. The fourth-order valence-corrected chi connectivity index (χ4v) is 2.28. The lowest BCUT2D eigenvalue weighted by Crippen LogP contribution is -2.09. The van der Waals surface area contributed by atoms with Crippen molar-refractivity contribution < 1.29 is 17.9 Å². The van der Waals surface area contributed by atoms with Crippen LogP contribution < -0.4 is 0 Å². The van der Waals surface area contributed by atoms with E-state index >= 15 is 0 Å². The second-order valence-corrected chi connectivity index (χ2v) is 4.43. The molecule has 1 nitrogen and oxygen atoms in total. The largest absolute Gasteiger partial charge is 0.417 e. The van der Waals surface area contributed by atoms with Crippen LogP contribution in [0.2, 0.25) is 0 Å². The Morgan fingerprint density at radius 1 is 1.28 bits per heavy atom. The molecule has 98 valence electrons. The number of rotatable bonds is 3. The van der Waals surface area contributed by atoms with Crippen molar-refractivity contribution in [1.82, 2.24) is 0 Å². The Balaban J connectivity index is 2.45. The van der Waals surface area contributed by atoms with Gasteiger partial charge in [-0.05, 0) is 42.0 Å². The van der Waals surface area contributed by atoms with Gasteiger partial charge in [0.15, 0.2) is 0 Å². The van der Waals surface area contributed by atoms with Gasteiger partial charge in [-0.15, -0.1) is 0 Å². The fourth-order valence-electron chi connectivity index (χ4n) is 2.28. The molecule has 0 unspecified atom stereocenters. The van der Waals surface area contributed by atoms with Gasteiger partial charge in [0.05, 0.1) is 12.2 Å². The van der Waals surface area contributed by atoms with Crippen LogP contribution in [0.5, 0.6) is 0 Å². The van der Waals surface area contributed by atoms with Crippen molar-refractivity contribution in [2.45, 2.75) is 32.0 Å². The molecule has 0 aromatic heterocycles. The maximum atomic E-state index is 13.1. The highest BCUT2D eigenvalue weighted by atomic mass is 19.4. The second-order valence-electron chi connectivity index (χ2n) is 4.43. The first-order valence-corrected chi connectivity index (χ1v) is 5.91. The Kier molecular flexibility index (Phi) is 3.76. The molecule has 1 aliphatic carbocycles. The number of methoxy groups -OCH3 is 1. The van der Waals surface area contributed by atoms with Gasteiger partial charge in [-0.3, -0.25) is 0 Å². The van der Waals surface area contributed by atoms with Crippen molar-refractivity contribution in [1.29, 1.82) is 0 Å². The van der Waals surface area contributed by atoms with E-state index in [0.717, 1.165) is 24.8 Å². The van der Waals surface area contributed by atoms with Crippen LogP contribution >= 0.6 is 0 Å². The quantitative estimate of drug-likeness (QED) is 0.777. The topological polar surface area (TPSA) is 9.23 Å². The molecule has 1 aromatic carbocycles. The van der Waals surface area contributed by atoms with E-state index in [1.54, 1.807) is 12.1 Å². The third kappa shape index (κ3) is 2.75. The summed E-state index contributed by atoms with van der Waals surface area (Å²) in [5.41, 5.74) is 1.13. The maximum absolute atomic E-state index is 13.1. The number of ether oxygens (including phenoxy) is 1. The molecule has 1 aromatic rings. The van der Waals surface area contributed by atoms with Crippen molar-refractivity contribution in [2.24, 2.45) is 0 Å². The molecule has 2 rings (SSSR count). The van der Waals surface area contributed by atoms with E-state index in [2.05, 4.69) is 0 Å². The molecule has 0 saturated carbocycles. The second kappa shape index (κ2) is 5.14. The average molecular weight is 256 g/mol. The lowest BCUT2D eigenvalue weighted by Gasteiger charge is -2.15. The molecule has 0 aliphatic heterocycles. The van der Waals surface area contributed by atoms with Crippen LogP contribution in [-0.2, 0) is 17.5 Å². The summed E-state index contributed by atoms with van der Waals surface area (Å²) in [4.78, 5) is 0. The van der Waals surface area contributed by atoms with E-state index in [0.29, 0.717) is 11.1 Å². The molecule has 0 saturated heterocycles. The van der Waals surface area contributed by atoms with Gasteiger partial charge < -0.3 is 4.74 Å². The Morgan fingerprint density at radius 2 is 2.06 bits per heavy atom. The molecule has 0 radical (unpaired) electrons. The van der Waals surface area contributed by atoms with Gasteiger partial charge in [0.2, 0.25) is 0 Å². The van der Waals surface area contributed by atoms with Gasteiger partial charge >= 0.3 is 6.18 Å². The minimum Gasteiger partial charge on any atom is -0.380 e. The van der Waals surface area contributed by atoms with E-state index in [-0.39, 0.29) is 6.61 Å². The molecule has 0 amide bonds. The van der Waals surface area contributed by atoms with Gasteiger partial charge in [0, 0.05) is 7.11 Å². The summed E-state index contributed by atoms with van der Waals surface area (Å²) in [7, 11) is 1.47. The van der Waals surface area contributed by atoms with Crippen LogP contribution in [0.15, 0.2) is 24.3 Å². The van der Waals surface area contributed by atoms with Crippen molar-refractivity contribution in [3.8, 4) is 0 Å². The Labute approximate surface area is 104 Å². The van der Waals surface area contributed by atoms with Gasteiger partial charge in [-0.1, -0.05) is 18.2 Å². The Morgan fingerprint density at radius 3 is 2.61 bits per heavy atom. The summed E-state index contributed by atoms with van der Waals surface area (Å²) < 4.78 is 44.0. The highest BCUT2D eigenvalue weighted by molar-refractivity contribution is 5.70. The van der Waals surface area contributed by atoms with Gasteiger partial charge in [0.25, 0.3) is 0 Å². The zero-order valence-electron chi connectivity index (χ0n) is 10.2. The Bertz CT molecular complexity index is 461. The predicted octanol–water partition coefficient (Wildman–Crippen LogP) is 4.42. The Hall–Kier alpha value is -1.29. The normalized spacial score (nSPS) is 15.9. The van der Waals surface area contributed by atoms with Crippen molar-refractivity contribution >= 4 is 5.57 Å². The molecule has 1 aliphatic rings. The predicted molar refractivity (Wildman–Crippen MR) is 64.0 cm³/mol. The zero-order valence-corrected chi connectivity index (χ0v) is 10.2. The summed E-state index contributed by atoms with van der Waals surface area (Å²) in [6.45, 7) is 0.197.